The monoisotopic (exact) mass is 1190 g/mol. The molecular weight excluding hydrogens is 1130 g/mol. The summed E-state index contributed by atoms with van der Waals surface area (Å²) in [5, 5.41) is 15.8. The molecule has 0 atom stereocenters. The van der Waals surface area contributed by atoms with E-state index >= 15 is 0 Å². The molecule has 0 aliphatic heterocycles. The predicted octanol–water partition coefficient (Wildman–Crippen LogP) is 13.4. The second kappa shape index (κ2) is 22.2. The van der Waals surface area contributed by atoms with Crippen molar-refractivity contribution in [2.45, 2.75) is 0 Å². The fourth-order valence-corrected chi connectivity index (χ4v) is 207. The van der Waals surface area contributed by atoms with E-state index in [9.17, 15) is 9.69 Å². The molecule has 12 aromatic carbocycles. The van der Waals surface area contributed by atoms with Crippen LogP contribution in [-0.2, 0) is 10.7 Å². The van der Waals surface area contributed by atoms with Gasteiger partial charge in [-0.15, -0.1) is 0 Å². The van der Waals surface area contributed by atoms with E-state index in [2.05, 4.69) is 364 Å². The van der Waals surface area contributed by atoms with Gasteiger partial charge >= 0.3 is 470 Å². The van der Waals surface area contributed by atoms with E-state index < -0.39 is 33.1 Å². The first-order valence-electron chi connectivity index (χ1n) is 26.7. The Labute approximate surface area is 466 Å². The Kier molecular flexibility index (Phi) is 14.8. The Hall–Kier alpha value is -6.73. The molecule has 0 saturated carbocycles. The number of hydrogen-bond donors (Lipinski definition) is 0. The van der Waals surface area contributed by atoms with Gasteiger partial charge in [-0.3, -0.25) is 0 Å². The minimum absolute atomic E-state index is 1.32. The Morgan fingerprint density at radius 3 is 0.295 bits per heavy atom. The summed E-state index contributed by atoms with van der Waals surface area (Å²) in [6.45, 7) is 0. The van der Waals surface area contributed by atoms with Gasteiger partial charge in [0.25, 0.3) is 0 Å². The second-order valence-electron chi connectivity index (χ2n) is 19.6. The van der Waals surface area contributed by atoms with Gasteiger partial charge in [0, 0.05) is 0 Å². The average Bonchev–Trinajstić information content (AvgIpc) is 2.58. The molecule has 78 heavy (non-hydrogen) atoms. The molecule has 0 heterocycles. The van der Waals surface area contributed by atoms with Crippen LogP contribution in [0.3, 0.4) is 0 Å². The first kappa shape index (κ1) is 52.0. The summed E-state index contributed by atoms with van der Waals surface area (Å²) < 4.78 is 0. The van der Waals surface area contributed by atoms with Crippen molar-refractivity contribution in [3.8, 4) is 0 Å². The standard InChI is InChI=1S/4C18H15P.ClH.Rh/c4*1-4-10-16(11-5-1)19(17-12-6-2-7-13-17)18-14-8-3-9-15-18;;/h4*1-15H;1H;/q;;;;;-3/p+3. The maximum absolute atomic E-state index is 12.3. The number of hydrogen-bond acceptors (Lipinski definition) is 0. The number of benzene rings is 12. The molecule has 6 heteroatoms. The zero-order chi connectivity index (χ0) is 52.8. The molecule has 0 unspecified atom stereocenters. The molecule has 0 nitrogen and oxygen atoms in total. The van der Waals surface area contributed by atoms with Gasteiger partial charge in [-0.2, -0.15) is 0 Å². The van der Waals surface area contributed by atoms with Crippen molar-refractivity contribution in [1.29, 1.82) is 0 Å². The summed E-state index contributed by atoms with van der Waals surface area (Å²) in [7, 11) is 5.90. The summed E-state index contributed by atoms with van der Waals surface area (Å²) in [4.78, 5) is 0. The molecule has 0 radical (unpaired) electrons. The third kappa shape index (κ3) is 7.37. The summed E-state index contributed by atoms with van der Waals surface area (Å²) in [5.74, 6) is 0. The Morgan fingerprint density at radius 2 is 0.218 bits per heavy atom. The summed E-state index contributed by atoms with van der Waals surface area (Å²) in [6, 6.07) is 143. The van der Waals surface area contributed by atoms with Gasteiger partial charge in [0.15, 0.2) is 0 Å². The van der Waals surface area contributed by atoms with Crippen molar-refractivity contribution in [2.75, 3.05) is 0 Å². The van der Waals surface area contributed by atoms with Crippen LogP contribution in [0.4, 0.5) is 0 Å². The van der Waals surface area contributed by atoms with Crippen LogP contribution in [0.1, 0.15) is 0 Å². The molecule has 0 saturated heterocycles. The topological polar surface area (TPSA) is 0 Å². The molecule has 388 valence electrons. The Balaban J connectivity index is 1.67. The van der Waals surface area contributed by atoms with E-state index in [1.165, 1.54) is 63.7 Å². The normalized spacial score (nSPS) is 13.5. The number of halogens is 1. The van der Waals surface area contributed by atoms with Crippen LogP contribution in [0.2, 0.25) is 0 Å². The van der Waals surface area contributed by atoms with E-state index in [0.29, 0.717) is 0 Å². The quantitative estimate of drug-likeness (QED) is 0.0668. The molecule has 0 fully saturated rings. The van der Waals surface area contributed by atoms with Gasteiger partial charge in [0.2, 0.25) is 0 Å². The maximum atomic E-state index is 12.3. The van der Waals surface area contributed by atoms with Crippen LogP contribution in [-0.4, -0.2) is 0 Å². The average molecular weight is 1190 g/mol. The van der Waals surface area contributed by atoms with E-state index in [-0.39, 0.29) is 0 Å². The fourth-order valence-electron chi connectivity index (χ4n) is 13.2. The van der Waals surface area contributed by atoms with Crippen LogP contribution in [0, 0.1) is 0 Å². The molecule has 0 amide bonds. The van der Waals surface area contributed by atoms with Crippen LogP contribution in [0.15, 0.2) is 364 Å². The molecule has 12 aromatic rings. The summed E-state index contributed by atoms with van der Waals surface area (Å²) in [6.07, 6.45) is 0. The minimum atomic E-state index is -6.42. The first-order chi connectivity index (χ1) is 38.6. The summed E-state index contributed by atoms with van der Waals surface area (Å²) >= 11 is 0. The van der Waals surface area contributed by atoms with Crippen molar-refractivity contribution in [1.82, 2.24) is 0 Å². The molecular formula is C72H64ClP4Rh. The van der Waals surface area contributed by atoms with Crippen molar-refractivity contribution in [3.63, 3.8) is 0 Å². The number of rotatable bonds is 16. The van der Waals surface area contributed by atoms with Crippen molar-refractivity contribution < 1.29 is 10.7 Å². The van der Waals surface area contributed by atoms with E-state index in [1.54, 1.807) is 0 Å². The zero-order valence-corrected chi connectivity index (χ0v) is 49.7. The van der Waals surface area contributed by atoms with Crippen molar-refractivity contribution >= 4 is 95.7 Å². The molecule has 0 spiro atoms. The van der Waals surface area contributed by atoms with E-state index in [0.717, 1.165) is 0 Å². The Bertz CT molecular complexity index is 2930. The van der Waals surface area contributed by atoms with Crippen LogP contribution < -0.4 is 63.7 Å². The zero-order valence-electron chi connectivity index (χ0n) is 43.4. The Morgan fingerprint density at radius 1 is 0.141 bits per heavy atom. The molecule has 0 N–H and O–H groups in total. The second-order valence-corrected chi connectivity index (χ2v) is 85.6. The third-order valence-corrected chi connectivity index (χ3v) is 144. The molecule has 0 aliphatic rings. The molecule has 0 aromatic heterocycles. The SMILES string of the molecule is [Cl][Rh]([PH](c1ccccc1)(c1ccccc1)c1ccccc1)([PH](c1ccccc1)(c1ccccc1)c1ccccc1)([PH](c1ccccc1)(c1ccccc1)c1ccccc1)[PH](c1ccccc1)(c1ccccc1)c1ccccc1. The predicted molar refractivity (Wildman–Crippen MR) is 352 cm³/mol. The third-order valence-electron chi connectivity index (χ3n) is 15.8. The van der Waals surface area contributed by atoms with Gasteiger partial charge in [-0.25, -0.2) is 0 Å². The van der Waals surface area contributed by atoms with Gasteiger partial charge in [-0.1, -0.05) is 0 Å². The molecule has 0 bridgehead atoms. The molecule has 0 aliphatic carbocycles. The molecule has 12 rings (SSSR count). The van der Waals surface area contributed by atoms with E-state index in [1.807, 2.05) is 0 Å². The van der Waals surface area contributed by atoms with Crippen molar-refractivity contribution in [2.24, 2.45) is 0 Å². The van der Waals surface area contributed by atoms with Gasteiger partial charge in [0.1, 0.15) is 0 Å². The van der Waals surface area contributed by atoms with Crippen LogP contribution >= 0.6 is 32.1 Å². The van der Waals surface area contributed by atoms with Crippen molar-refractivity contribution in [3.05, 3.63) is 364 Å². The van der Waals surface area contributed by atoms with Gasteiger partial charge in [-0.05, 0) is 0 Å². The van der Waals surface area contributed by atoms with Crippen LogP contribution in [0.5, 0.6) is 0 Å². The fraction of sp³-hybridized carbons (Fsp3) is 0. The summed E-state index contributed by atoms with van der Waals surface area (Å²) in [5.41, 5.74) is -17.0. The van der Waals surface area contributed by atoms with Crippen LogP contribution in [0.25, 0.3) is 0 Å². The van der Waals surface area contributed by atoms with Gasteiger partial charge in [0.05, 0.1) is 0 Å². The van der Waals surface area contributed by atoms with Gasteiger partial charge < -0.3 is 0 Å². The first-order valence-corrected chi connectivity index (χ1v) is 46.0. The van der Waals surface area contributed by atoms with E-state index in [4.69, 9.17) is 0 Å².